The van der Waals surface area contributed by atoms with E-state index < -0.39 is 11.9 Å². The fourth-order valence-electron chi connectivity index (χ4n) is 3.83. The lowest BCUT2D eigenvalue weighted by Gasteiger charge is -2.11. The summed E-state index contributed by atoms with van der Waals surface area (Å²) in [6.45, 7) is 3.95. The van der Waals surface area contributed by atoms with Crippen LogP contribution in [0.15, 0.2) is 90.0 Å². The van der Waals surface area contributed by atoms with Gasteiger partial charge in [0, 0.05) is 5.56 Å². The summed E-state index contributed by atoms with van der Waals surface area (Å²) in [6, 6.07) is 26.2. The maximum atomic E-state index is 12.7. The van der Waals surface area contributed by atoms with Gasteiger partial charge in [-0.1, -0.05) is 73.5 Å². The van der Waals surface area contributed by atoms with Crippen LogP contribution in [-0.4, -0.2) is 24.7 Å². The number of rotatable bonds is 10. The maximum absolute atomic E-state index is 12.7. The SMILES string of the molecule is CCCCc1ccc(OCC(=O)NN=Cc2c(OC(=O)c3ccc(C)cc3)ccc3ccccc23)cc1. The fraction of sp³-hybridized carbons (Fsp3) is 0.194. The molecule has 1 N–H and O–H groups in total. The minimum Gasteiger partial charge on any atom is -0.484 e. The predicted molar refractivity (Wildman–Crippen MR) is 146 cm³/mol. The Morgan fingerprint density at radius 1 is 0.919 bits per heavy atom. The number of aryl methyl sites for hydroxylation is 2. The summed E-state index contributed by atoms with van der Waals surface area (Å²) in [6.07, 6.45) is 4.81. The molecule has 0 aliphatic carbocycles. The third-order valence-electron chi connectivity index (χ3n) is 5.92. The van der Waals surface area contributed by atoms with Crippen molar-refractivity contribution in [3.05, 3.63) is 107 Å². The molecule has 0 bridgehead atoms. The number of amides is 1. The second-order valence-corrected chi connectivity index (χ2v) is 8.78. The number of nitrogens with zero attached hydrogens (tertiary/aromatic N) is 1. The molecule has 0 aliphatic rings. The Hall–Kier alpha value is -4.45. The van der Waals surface area contributed by atoms with Crippen LogP contribution in [0, 0.1) is 6.92 Å². The molecule has 6 heteroatoms. The number of carbonyl (C=O) groups is 2. The maximum Gasteiger partial charge on any atom is 0.343 e. The van der Waals surface area contributed by atoms with Crippen molar-refractivity contribution in [2.45, 2.75) is 33.1 Å². The Morgan fingerprint density at radius 3 is 2.43 bits per heavy atom. The van der Waals surface area contributed by atoms with Gasteiger partial charge >= 0.3 is 5.97 Å². The molecule has 4 aromatic rings. The second-order valence-electron chi connectivity index (χ2n) is 8.78. The molecule has 0 fully saturated rings. The normalized spacial score (nSPS) is 11.0. The van der Waals surface area contributed by atoms with Crippen molar-refractivity contribution in [2.75, 3.05) is 6.61 Å². The molecule has 4 aromatic carbocycles. The zero-order chi connectivity index (χ0) is 26.0. The molecule has 0 spiro atoms. The molecular weight excluding hydrogens is 464 g/mol. The number of nitrogens with one attached hydrogen (secondary N) is 1. The van der Waals surface area contributed by atoms with E-state index in [4.69, 9.17) is 9.47 Å². The lowest BCUT2D eigenvalue weighted by Crippen LogP contribution is -2.24. The molecule has 37 heavy (non-hydrogen) atoms. The Balaban J connectivity index is 1.43. The van der Waals surface area contributed by atoms with Crippen LogP contribution < -0.4 is 14.9 Å². The molecule has 6 nitrogen and oxygen atoms in total. The number of benzene rings is 4. The summed E-state index contributed by atoms with van der Waals surface area (Å²) in [4.78, 5) is 25.1. The molecule has 0 heterocycles. The monoisotopic (exact) mass is 494 g/mol. The quantitative estimate of drug-likeness (QED) is 0.123. The highest BCUT2D eigenvalue weighted by molar-refractivity contribution is 6.04. The zero-order valence-corrected chi connectivity index (χ0v) is 21.1. The van der Waals surface area contributed by atoms with E-state index in [1.807, 2.05) is 73.7 Å². The van der Waals surface area contributed by atoms with Crippen molar-refractivity contribution < 1.29 is 19.1 Å². The van der Waals surface area contributed by atoms with Crippen LogP contribution in [0.3, 0.4) is 0 Å². The first-order chi connectivity index (χ1) is 18.0. The van der Waals surface area contributed by atoms with Gasteiger partial charge in [0.2, 0.25) is 0 Å². The molecule has 188 valence electrons. The van der Waals surface area contributed by atoms with E-state index in [-0.39, 0.29) is 6.61 Å². The van der Waals surface area contributed by atoms with Crippen molar-refractivity contribution in [1.82, 2.24) is 5.43 Å². The van der Waals surface area contributed by atoms with Crippen molar-refractivity contribution in [3.63, 3.8) is 0 Å². The van der Waals surface area contributed by atoms with Crippen LogP contribution in [0.4, 0.5) is 0 Å². The topological polar surface area (TPSA) is 77.0 Å². The van der Waals surface area contributed by atoms with Crippen molar-refractivity contribution in [3.8, 4) is 11.5 Å². The molecule has 0 saturated heterocycles. The van der Waals surface area contributed by atoms with E-state index in [0.717, 1.165) is 35.6 Å². The summed E-state index contributed by atoms with van der Waals surface area (Å²) < 4.78 is 11.3. The summed E-state index contributed by atoms with van der Waals surface area (Å²) in [5.74, 6) is 0.105. The molecule has 0 atom stereocenters. The van der Waals surface area contributed by atoms with Crippen LogP contribution in [0.5, 0.6) is 11.5 Å². The van der Waals surface area contributed by atoms with Crippen LogP contribution in [0.2, 0.25) is 0 Å². The van der Waals surface area contributed by atoms with Gasteiger partial charge in [0.1, 0.15) is 11.5 Å². The molecule has 0 aliphatic heterocycles. The van der Waals surface area contributed by atoms with E-state index in [1.54, 1.807) is 18.2 Å². The first-order valence-electron chi connectivity index (χ1n) is 12.4. The first kappa shape index (κ1) is 25.6. The zero-order valence-electron chi connectivity index (χ0n) is 21.1. The van der Waals surface area contributed by atoms with Gasteiger partial charge in [-0.3, -0.25) is 4.79 Å². The summed E-state index contributed by atoms with van der Waals surface area (Å²) in [7, 11) is 0. The Morgan fingerprint density at radius 2 is 1.68 bits per heavy atom. The number of ether oxygens (including phenoxy) is 2. The van der Waals surface area contributed by atoms with Crippen LogP contribution in [0.25, 0.3) is 10.8 Å². The van der Waals surface area contributed by atoms with E-state index in [2.05, 4.69) is 17.5 Å². The highest BCUT2D eigenvalue weighted by Crippen LogP contribution is 2.27. The Kier molecular flexibility index (Phi) is 8.66. The summed E-state index contributed by atoms with van der Waals surface area (Å²) >= 11 is 0. The van der Waals surface area contributed by atoms with Crippen LogP contribution in [0.1, 0.15) is 46.8 Å². The third kappa shape index (κ3) is 7.04. The number of hydrazone groups is 1. The molecule has 0 aromatic heterocycles. The Labute approximate surface area is 216 Å². The van der Waals surface area contributed by atoms with Gasteiger partial charge in [0.25, 0.3) is 5.91 Å². The molecule has 0 radical (unpaired) electrons. The van der Waals surface area contributed by atoms with Crippen LogP contribution in [-0.2, 0) is 11.2 Å². The van der Waals surface area contributed by atoms with Gasteiger partial charge in [-0.25, -0.2) is 10.2 Å². The number of fused-ring (bicyclic) bond motifs is 1. The molecule has 1 amide bonds. The highest BCUT2D eigenvalue weighted by Gasteiger charge is 2.13. The summed E-state index contributed by atoms with van der Waals surface area (Å²) in [5.41, 5.74) is 5.83. The second kappa shape index (κ2) is 12.5. The minimum atomic E-state index is -0.469. The van der Waals surface area contributed by atoms with Gasteiger partial charge in [0.15, 0.2) is 6.61 Å². The number of hydrogen-bond donors (Lipinski definition) is 1. The smallest absolute Gasteiger partial charge is 0.343 e. The Bertz CT molecular complexity index is 1390. The minimum absolute atomic E-state index is 0.170. The number of carbonyl (C=O) groups excluding carboxylic acids is 2. The van der Waals surface area contributed by atoms with Crippen molar-refractivity contribution in [1.29, 1.82) is 0 Å². The summed E-state index contributed by atoms with van der Waals surface area (Å²) in [5, 5.41) is 5.90. The van der Waals surface area contributed by atoms with Gasteiger partial charge in [0.05, 0.1) is 11.8 Å². The molecule has 0 saturated carbocycles. The van der Waals surface area contributed by atoms with Gasteiger partial charge in [-0.2, -0.15) is 5.10 Å². The molecule has 0 unspecified atom stereocenters. The lowest BCUT2D eigenvalue weighted by molar-refractivity contribution is -0.123. The van der Waals surface area contributed by atoms with E-state index in [1.165, 1.54) is 11.8 Å². The number of hydrogen-bond acceptors (Lipinski definition) is 5. The molecular formula is C31H30N2O4. The number of unbranched alkanes of at least 4 members (excludes halogenated alkanes) is 1. The van der Waals surface area contributed by atoms with Gasteiger partial charge in [-0.15, -0.1) is 0 Å². The van der Waals surface area contributed by atoms with E-state index in [9.17, 15) is 9.59 Å². The van der Waals surface area contributed by atoms with E-state index in [0.29, 0.717) is 22.6 Å². The standard InChI is InChI=1S/C31H30N2O4/c1-3-4-7-23-12-17-26(18-13-23)36-21-30(34)33-32-20-28-27-9-6-5-8-24(27)16-19-29(28)37-31(35)25-14-10-22(2)11-15-25/h5-6,8-20H,3-4,7,21H2,1-2H3,(H,33,34). The molecule has 4 rings (SSSR count). The largest absolute Gasteiger partial charge is 0.484 e. The van der Waals surface area contributed by atoms with Crippen molar-refractivity contribution in [2.24, 2.45) is 5.10 Å². The van der Waals surface area contributed by atoms with Gasteiger partial charge in [-0.05, 0) is 66.4 Å². The van der Waals surface area contributed by atoms with Gasteiger partial charge < -0.3 is 9.47 Å². The average Bonchev–Trinajstić information content (AvgIpc) is 2.92. The third-order valence-corrected chi connectivity index (χ3v) is 5.92. The lowest BCUT2D eigenvalue weighted by atomic mass is 10.0. The highest BCUT2D eigenvalue weighted by atomic mass is 16.5. The fourth-order valence-corrected chi connectivity index (χ4v) is 3.83. The first-order valence-corrected chi connectivity index (χ1v) is 12.4. The van der Waals surface area contributed by atoms with Crippen molar-refractivity contribution >= 4 is 28.9 Å². The number of esters is 1. The average molecular weight is 495 g/mol. The van der Waals surface area contributed by atoms with Crippen LogP contribution >= 0.6 is 0 Å². The predicted octanol–water partition coefficient (Wildman–Crippen LogP) is 6.24. The van der Waals surface area contributed by atoms with E-state index >= 15 is 0 Å².